The van der Waals surface area contributed by atoms with Gasteiger partial charge >= 0.3 is 5.97 Å². The minimum Gasteiger partial charge on any atom is -0.477 e. The highest BCUT2D eigenvalue weighted by atomic mass is 32.2. The number of carboxylic acid groups (broad SMARTS) is 1. The number of aryl methyl sites for hydroxylation is 1. The van der Waals surface area contributed by atoms with Crippen LogP contribution in [0.3, 0.4) is 0 Å². The van der Waals surface area contributed by atoms with E-state index in [1.54, 1.807) is 12.1 Å². The Morgan fingerprint density at radius 2 is 2.00 bits per heavy atom. The van der Waals surface area contributed by atoms with Crippen LogP contribution in [0.1, 0.15) is 16.1 Å². The Morgan fingerprint density at radius 3 is 2.81 bits per heavy atom. The molecule has 0 saturated heterocycles. The topological polar surface area (TPSA) is 63.1 Å². The summed E-state index contributed by atoms with van der Waals surface area (Å²) in [5.74, 6) is -1.03. The molecule has 0 bridgehead atoms. The molecule has 0 atom stereocenters. The number of aromatic nitrogens is 2. The summed E-state index contributed by atoms with van der Waals surface area (Å²) in [5, 5.41) is 11.0. The van der Waals surface area contributed by atoms with Crippen molar-refractivity contribution in [3.05, 3.63) is 59.9 Å². The summed E-state index contributed by atoms with van der Waals surface area (Å²) in [4.78, 5) is 20.2. The SMILES string of the molecule is Cc1cc2ccccc2nc1Sc1ccnc(C(=O)O)c1. The molecule has 104 valence electrons. The fourth-order valence-electron chi connectivity index (χ4n) is 2.01. The molecule has 1 N–H and O–H groups in total. The lowest BCUT2D eigenvalue weighted by atomic mass is 10.2. The van der Waals surface area contributed by atoms with Gasteiger partial charge in [0, 0.05) is 16.5 Å². The molecule has 5 heteroatoms. The van der Waals surface area contributed by atoms with Crippen molar-refractivity contribution in [1.29, 1.82) is 0 Å². The van der Waals surface area contributed by atoms with Gasteiger partial charge < -0.3 is 5.11 Å². The Hall–Kier alpha value is -2.40. The van der Waals surface area contributed by atoms with Crippen molar-refractivity contribution in [2.45, 2.75) is 16.8 Å². The average molecular weight is 296 g/mol. The van der Waals surface area contributed by atoms with Crippen molar-refractivity contribution in [3.8, 4) is 0 Å². The lowest BCUT2D eigenvalue weighted by Crippen LogP contribution is -1.99. The first-order chi connectivity index (χ1) is 10.1. The molecule has 0 saturated carbocycles. The number of pyridine rings is 2. The Morgan fingerprint density at radius 1 is 1.19 bits per heavy atom. The number of carboxylic acids is 1. The molecule has 0 spiro atoms. The van der Waals surface area contributed by atoms with E-state index in [9.17, 15) is 4.79 Å². The normalized spacial score (nSPS) is 10.7. The summed E-state index contributed by atoms with van der Waals surface area (Å²) in [7, 11) is 0. The highest BCUT2D eigenvalue weighted by Crippen LogP contribution is 2.30. The number of hydrogen-bond acceptors (Lipinski definition) is 4. The van der Waals surface area contributed by atoms with Crippen molar-refractivity contribution < 1.29 is 9.90 Å². The maximum atomic E-state index is 11.0. The van der Waals surface area contributed by atoms with E-state index in [4.69, 9.17) is 5.11 Å². The summed E-state index contributed by atoms with van der Waals surface area (Å²) in [6.07, 6.45) is 1.50. The van der Waals surface area contributed by atoms with Gasteiger partial charge in [-0.2, -0.15) is 0 Å². The van der Waals surface area contributed by atoms with Crippen molar-refractivity contribution >= 4 is 28.6 Å². The van der Waals surface area contributed by atoms with Crippen molar-refractivity contribution in [2.75, 3.05) is 0 Å². The van der Waals surface area contributed by atoms with Crippen LogP contribution in [0.25, 0.3) is 10.9 Å². The van der Waals surface area contributed by atoms with Gasteiger partial charge in [-0.05, 0) is 36.8 Å². The molecule has 0 aliphatic heterocycles. The van der Waals surface area contributed by atoms with Crippen LogP contribution in [-0.2, 0) is 0 Å². The minimum atomic E-state index is -1.03. The van der Waals surface area contributed by atoms with Crippen molar-refractivity contribution in [1.82, 2.24) is 9.97 Å². The molecule has 4 nitrogen and oxygen atoms in total. The van der Waals surface area contributed by atoms with Crippen LogP contribution in [0.2, 0.25) is 0 Å². The highest BCUT2D eigenvalue weighted by Gasteiger charge is 2.09. The molecule has 0 fully saturated rings. The molecule has 2 heterocycles. The zero-order valence-electron chi connectivity index (χ0n) is 11.3. The standard InChI is InChI=1S/C16H12N2O2S/c1-10-8-11-4-2-3-5-13(11)18-15(10)21-12-6-7-17-14(9-12)16(19)20/h2-9H,1H3,(H,19,20). The van der Waals surface area contributed by atoms with Crippen LogP contribution in [-0.4, -0.2) is 21.0 Å². The van der Waals surface area contributed by atoms with Gasteiger partial charge in [-0.25, -0.2) is 14.8 Å². The van der Waals surface area contributed by atoms with Gasteiger partial charge in [-0.3, -0.25) is 0 Å². The Labute approximate surface area is 125 Å². The zero-order valence-corrected chi connectivity index (χ0v) is 12.1. The fourth-order valence-corrected chi connectivity index (χ4v) is 2.90. The van der Waals surface area contributed by atoms with Crippen LogP contribution in [0, 0.1) is 6.92 Å². The number of nitrogens with zero attached hydrogens (tertiary/aromatic N) is 2. The molecular formula is C16H12N2O2S. The van der Waals surface area contributed by atoms with Gasteiger partial charge in [0.05, 0.1) is 5.52 Å². The van der Waals surface area contributed by atoms with Crippen LogP contribution >= 0.6 is 11.8 Å². The number of fused-ring (bicyclic) bond motifs is 1. The fraction of sp³-hybridized carbons (Fsp3) is 0.0625. The molecule has 3 rings (SSSR count). The first-order valence-corrected chi connectivity index (χ1v) is 7.19. The number of hydrogen-bond donors (Lipinski definition) is 1. The molecule has 1 aromatic carbocycles. The zero-order chi connectivity index (χ0) is 14.8. The first kappa shape index (κ1) is 13.6. The van der Waals surface area contributed by atoms with E-state index in [1.807, 2.05) is 31.2 Å². The summed E-state index contributed by atoms with van der Waals surface area (Å²) in [5.41, 5.74) is 2.03. The smallest absolute Gasteiger partial charge is 0.354 e. The first-order valence-electron chi connectivity index (χ1n) is 6.37. The van der Waals surface area contributed by atoms with Crippen molar-refractivity contribution in [3.63, 3.8) is 0 Å². The molecule has 0 aliphatic rings. The van der Waals surface area contributed by atoms with Gasteiger partial charge in [0.25, 0.3) is 0 Å². The van der Waals surface area contributed by atoms with E-state index in [1.165, 1.54) is 18.0 Å². The maximum Gasteiger partial charge on any atom is 0.354 e. The second-order valence-corrected chi connectivity index (χ2v) is 5.65. The average Bonchev–Trinajstić information content (AvgIpc) is 2.48. The predicted octanol–water partition coefficient (Wildman–Crippen LogP) is 3.79. The van der Waals surface area contributed by atoms with Crippen LogP contribution in [0.15, 0.2) is 58.6 Å². The second-order valence-electron chi connectivity index (χ2n) is 4.59. The number of aromatic carboxylic acids is 1. The third-order valence-corrected chi connectivity index (χ3v) is 4.13. The quantitative estimate of drug-likeness (QED) is 0.796. The molecule has 21 heavy (non-hydrogen) atoms. The number of para-hydroxylation sites is 1. The van der Waals surface area contributed by atoms with Gasteiger partial charge in [-0.1, -0.05) is 30.0 Å². The van der Waals surface area contributed by atoms with Gasteiger partial charge in [0.1, 0.15) is 10.7 Å². The van der Waals surface area contributed by atoms with E-state index < -0.39 is 5.97 Å². The number of carbonyl (C=O) groups is 1. The van der Waals surface area contributed by atoms with Crippen LogP contribution < -0.4 is 0 Å². The number of benzene rings is 1. The molecular weight excluding hydrogens is 284 g/mol. The third-order valence-electron chi connectivity index (χ3n) is 3.03. The van der Waals surface area contributed by atoms with E-state index in [-0.39, 0.29) is 5.69 Å². The highest BCUT2D eigenvalue weighted by molar-refractivity contribution is 7.99. The largest absolute Gasteiger partial charge is 0.477 e. The van der Waals surface area contributed by atoms with E-state index in [2.05, 4.69) is 16.0 Å². The Balaban J connectivity index is 1.99. The second kappa shape index (κ2) is 5.54. The molecule has 3 aromatic rings. The molecule has 0 radical (unpaired) electrons. The van der Waals surface area contributed by atoms with Gasteiger partial charge in [0.2, 0.25) is 0 Å². The van der Waals surface area contributed by atoms with Gasteiger partial charge in [0.15, 0.2) is 0 Å². The molecule has 0 amide bonds. The monoisotopic (exact) mass is 296 g/mol. The van der Waals surface area contributed by atoms with Crippen molar-refractivity contribution in [2.24, 2.45) is 0 Å². The summed E-state index contributed by atoms with van der Waals surface area (Å²) in [6.45, 7) is 2.00. The summed E-state index contributed by atoms with van der Waals surface area (Å²) in [6, 6.07) is 13.4. The van der Waals surface area contributed by atoms with Crippen LogP contribution in [0.4, 0.5) is 0 Å². The Kier molecular flexibility index (Phi) is 3.58. The third kappa shape index (κ3) is 2.87. The summed E-state index contributed by atoms with van der Waals surface area (Å²) < 4.78 is 0. The minimum absolute atomic E-state index is 0.0402. The molecule has 0 unspecified atom stereocenters. The van der Waals surface area contributed by atoms with Crippen LogP contribution in [0.5, 0.6) is 0 Å². The van der Waals surface area contributed by atoms with E-state index >= 15 is 0 Å². The maximum absolute atomic E-state index is 11.0. The van der Waals surface area contributed by atoms with E-state index in [0.29, 0.717) is 0 Å². The lowest BCUT2D eigenvalue weighted by Gasteiger charge is -2.07. The summed E-state index contributed by atoms with van der Waals surface area (Å²) >= 11 is 1.45. The predicted molar refractivity (Wildman–Crippen MR) is 81.8 cm³/mol. The Bertz CT molecular complexity index is 833. The van der Waals surface area contributed by atoms with E-state index in [0.717, 1.165) is 26.4 Å². The molecule has 0 aliphatic carbocycles. The van der Waals surface area contributed by atoms with Gasteiger partial charge in [-0.15, -0.1) is 0 Å². The lowest BCUT2D eigenvalue weighted by molar-refractivity contribution is 0.0690. The number of rotatable bonds is 3. The molecule has 2 aromatic heterocycles.